The van der Waals surface area contributed by atoms with Crippen molar-refractivity contribution in [1.82, 2.24) is 5.32 Å². The minimum Gasteiger partial charge on any atom is -0.492 e. The van der Waals surface area contributed by atoms with Crippen molar-refractivity contribution >= 4 is 11.7 Å². The quantitative estimate of drug-likeness (QED) is 0.544. The van der Waals surface area contributed by atoms with Gasteiger partial charge in [-0.2, -0.15) is 0 Å². The van der Waals surface area contributed by atoms with Crippen molar-refractivity contribution in [1.29, 1.82) is 0 Å². The Morgan fingerprint density at radius 2 is 1.55 bits per heavy atom. The van der Waals surface area contributed by atoms with Crippen molar-refractivity contribution in [3.8, 4) is 16.9 Å². The van der Waals surface area contributed by atoms with Crippen LogP contribution in [0.1, 0.15) is 19.4 Å². The summed E-state index contributed by atoms with van der Waals surface area (Å²) in [6.45, 7) is 4.14. The van der Waals surface area contributed by atoms with Crippen LogP contribution in [0.15, 0.2) is 78.9 Å². The van der Waals surface area contributed by atoms with E-state index in [1.165, 1.54) is 0 Å². The van der Waals surface area contributed by atoms with E-state index in [4.69, 9.17) is 4.74 Å². The normalized spacial score (nSPS) is 12.7. The van der Waals surface area contributed by atoms with Gasteiger partial charge in [0.15, 0.2) is 0 Å². The van der Waals surface area contributed by atoms with Crippen LogP contribution in [0.4, 0.5) is 10.5 Å². The lowest BCUT2D eigenvalue weighted by Gasteiger charge is -2.25. The van der Waals surface area contributed by atoms with Crippen molar-refractivity contribution in [2.45, 2.75) is 19.4 Å². The van der Waals surface area contributed by atoms with Crippen molar-refractivity contribution in [2.24, 2.45) is 0 Å². The molecule has 0 heterocycles. The maximum absolute atomic E-state index is 12.3. The molecule has 0 bridgehead atoms. The summed E-state index contributed by atoms with van der Waals surface area (Å²) in [6, 6.07) is 24.6. The predicted octanol–water partition coefficient (Wildman–Crippen LogP) is 4.78. The number of carbonyl (C=O) groups excluding carboxylic acids is 1. The molecule has 5 heteroatoms. The first-order valence-corrected chi connectivity index (χ1v) is 9.64. The van der Waals surface area contributed by atoms with Crippen LogP contribution in [0.25, 0.3) is 11.1 Å². The van der Waals surface area contributed by atoms with E-state index in [9.17, 15) is 9.90 Å². The van der Waals surface area contributed by atoms with E-state index in [2.05, 4.69) is 10.6 Å². The fourth-order valence-corrected chi connectivity index (χ4v) is 3.02. The third kappa shape index (κ3) is 5.36. The third-order valence-corrected chi connectivity index (χ3v) is 4.64. The Kier molecular flexibility index (Phi) is 6.52. The molecule has 2 amide bonds. The molecule has 5 nitrogen and oxygen atoms in total. The molecule has 0 saturated heterocycles. The summed E-state index contributed by atoms with van der Waals surface area (Å²) in [5.41, 5.74) is 2.30. The first-order chi connectivity index (χ1) is 14.0. The second-order valence-electron chi connectivity index (χ2n) is 6.95. The number of anilines is 1. The monoisotopic (exact) mass is 390 g/mol. The standard InChI is InChI=1S/C24H26N2O3/c1-3-29-22-12-8-7-11-21(22)26-23(27)25-17-24(2,28)20-15-13-19(14-16-20)18-9-5-4-6-10-18/h4-16,28H,3,17H2,1-2H3,(H2,25,26,27)/t24-/m1/s1. The van der Waals surface area contributed by atoms with E-state index in [1.807, 2.05) is 73.7 Å². The molecule has 3 rings (SSSR count). The molecular formula is C24H26N2O3. The number of benzene rings is 3. The molecule has 0 aromatic heterocycles. The van der Waals surface area contributed by atoms with Gasteiger partial charge in [0.2, 0.25) is 0 Å². The topological polar surface area (TPSA) is 70.6 Å². The molecule has 150 valence electrons. The summed E-state index contributed by atoms with van der Waals surface area (Å²) in [6.07, 6.45) is 0. The highest BCUT2D eigenvalue weighted by Gasteiger charge is 2.24. The highest BCUT2D eigenvalue weighted by molar-refractivity contribution is 5.90. The Morgan fingerprint density at radius 1 is 0.931 bits per heavy atom. The number of hydrogen-bond donors (Lipinski definition) is 3. The number of nitrogens with one attached hydrogen (secondary N) is 2. The summed E-state index contributed by atoms with van der Waals surface area (Å²) < 4.78 is 5.51. The van der Waals surface area contributed by atoms with Gasteiger partial charge in [0.25, 0.3) is 0 Å². The average Bonchev–Trinajstić information content (AvgIpc) is 2.75. The van der Waals surface area contributed by atoms with Gasteiger partial charge in [0.1, 0.15) is 11.4 Å². The lowest BCUT2D eigenvalue weighted by molar-refractivity contribution is 0.0600. The number of carbonyl (C=O) groups is 1. The largest absolute Gasteiger partial charge is 0.492 e. The number of hydrogen-bond acceptors (Lipinski definition) is 3. The highest BCUT2D eigenvalue weighted by atomic mass is 16.5. The molecule has 0 saturated carbocycles. The number of aliphatic hydroxyl groups is 1. The molecule has 0 aliphatic rings. The summed E-state index contributed by atoms with van der Waals surface area (Å²) in [7, 11) is 0. The van der Waals surface area contributed by atoms with E-state index in [0.29, 0.717) is 18.0 Å². The maximum atomic E-state index is 12.3. The second-order valence-corrected chi connectivity index (χ2v) is 6.95. The van der Waals surface area contributed by atoms with Gasteiger partial charge < -0.3 is 20.5 Å². The lowest BCUT2D eigenvalue weighted by Crippen LogP contribution is -2.40. The molecule has 0 fully saturated rings. The van der Waals surface area contributed by atoms with Crippen LogP contribution in [0.3, 0.4) is 0 Å². The van der Waals surface area contributed by atoms with Gasteiger partial charge in [0.05, 0.1) is 18.8 Å². The van der Waals surface area contributed by atoms with Crippen LogP contribution in [0.5, 0.6) is 5.75 Å². The van der Waals surface area contributed by atoms with Crippen LogP contribution in [-0.4, -0.2) is 24.3 Å². The molecule has 3 aromatic rings. The molecular weight excluding hydrogens is 364 g/mol. The van der Waals surface area contributed by atoms with Crippen LogP contribution in [0, 0.1) is 0 Å². The summed E-state index contributed by atoms with van der Waals surface area (Å²) in [5, 5.41) is 16.3. The Hall–Kier alpha value is -3.31. The number of urea groups is 1. The molecule has 0 aliphatic carbocycles. The van der Waals surface area contributed by atoms with Gasteiger partial charge in [-0.15, -0.1) is 0 Å². The van der Waals surface area contributed by atoms with E-state index >= 15 is 0 Å². The number of para-hydroxylation sites is 2. The van der Waals surface area contributed by atoms with E-state index in [-0.39, 0.29) is 6.54 Å². The van der Waals surface area contributed by atoms with Gasteiger partial charge >= 0.3 is 6.03 Å². The maximum Gasteiger partial charge on any atom is 0.319 e. The summed E-state index contributed by atoms with van der Waals surface area (Å²) in [5.74, 6) is 0.605. The predicted molar refractivity (Wildman–Crippen MR) is 116 cm³/mol. The number of ether oxygens (including phenoxy) is 1. The van der Waals surface area contributed by atoms with E-state index in [1.54, 1.807) is 19.1 Å². The SMILES string of the molecule is CCOc1ccccc1NC(=O)NC[C@@](C)(O)c1ccc(-c2ccccc2)cc1. The number of amides is 2. The highest BCUT2D eigenvalue weighted by Crippen LogP contribution is 2.26. The van der Waals surface area contributed by atoms with E-state index < -0.39 is 11.6 Å². The first kappa shape index (κ1) is 20.4. The van der Waals surface area contributed by atoms with Crippen LogP contribution >= 0.6 is 0 Å². The Bertz CT molecular complexity index is 938. The van der Waals surface area contributed by atoms with E-state index in [0.717, 1.165) is 16.7 Å². The minimum absolute atomic E-state index is 0.0698. The van der Waals surface area contributed by atoms with Gasteiger partial charge in [-0.1, -0.05) is 66.7 Å². The van der Waals surface area contributed by atoms with Gasteiger partial charge in [-0.25, -0.2) is 4.79 Å². The number of rotatable bonds is 7. The van der Waals surface area contributed by atoms with Crippen molar-refractivity contribution in [3.63, 3.8) is 0 Å². The molecule has 0 radical (unpaired) electrons. The Morgan fingerprint density at radius 3 is 2.24 bits per heavy atom. The Balaban J connectivity index is 1.61. The third-order valence-electron chi connectivity index (χ3n) is 4.64. The minimum atomic E-state index is -1.20. The van der Waals surface area contributed by atoms with Crippen molar-refractivity contribution in [2.75, 3.05) is 18.5 Å². The van der Waals surface area contributed by atoms with Gasteiger partial charge in [0, 0.05) is 0 Å². The molecule has 0 spiro atoms. The van der Waals surface area contributed by atoms with Crippen LogP contribution in [-0.2, 0) is 5.60 Å². The second kappa shape index (κ2) is 9.26. The van der Waals surface area contributed by atoms with Gasteiger partial charge in [-0.05, 0) is 42.7 Å². The Labute approximate surface area is 171 Å². The van der Waals surface area contributed by atoms with Crippen molar-refractivity contribution < 1.29 is 14.6 Å². The summed E-state index contributed by atoms with van der Waals surface area (Å²) in [4.78, 5) is 12.3. The summed E-state index contributed by atoms with van der Waals surface area (Å²) >= 11 is 0. The zero-order chi connectivity index (χ0) is 20.7. The smallest absolute Gasteiger partial charge is 0.319 e. The first-order valence-electron chi connectivity index (χ1n) is 9.64. The van der Waals surface area contributed by atoms with Crippen LogP contribution in [0.2, 0.25) is 0 Å². The molecule has 3 N–H and O–H groups in total. The van der Waals surface area contributed by atoms with Gasteiger partial charge in [-0.3, -0.25) is 0 Å². The lowest BCUT2D eigenvalue weighted by atomic mass is 9.94. The zero-order valence-corrected chi connectivity index (χ0v) is 16.7. The molecule has 0 aliphatic heterocycles. The molecule has 29 heavy (non-hydrogen) atoms. The fraction of sp³-hybridized carbons (Fsp3) is 0.208. The molecule has 0 unspecified atom stereocenters. The molecule has 1 atom stereocenters. The fourth-order valence-electron chi connectivity index (χ4n) is 3.02. The average molecular weight is 390 g/mol. The molecule has 3 aromatic carbocycles. The van der Waals surface area contributed by atoms with Crippen LogP contribution < -0.4 is 15.4 Å². The zero-order valence-electron chi connectivity index (χ0n) is 16.7. The van der Waals surface area contributed by atoms with Crippen molar-refractivity contribution in [3.05, 3.63) is 84.4 Å².